The maximum absolute atomic E-state index is 11.7. The van der Waals surface area contributed by atoms with Crippen LogP contribution in [0.4, 0.5) is 5.69 Å². The predicted molar refractivity (Wildman–Crippen MR) is 60.5 cm³/mol. The van der Waals surface area contributed by atoms with Gasteiger partial charge in [-0.05, 0) is 18.6 Å². The van der Waals surface area contributed by atoms with Gasteiger partial charge >= 0.3 is 5.97 Å². The minimum atomic E-state index is -1.46. The predicted octanol–water partition coefficient (Wildman–Crippen LogP) is 0.646. The number of hydrogen-bond donors (Lipinski definition) is 2. The third-order valence-electron chi connectivity index (χ3n) is 2.68. The van der Waals surface area contributed by atoms with E-state index in [1.165, 1.54) is 0 Å². The Labute approximate surface area is 98.4 Å². The summed E-state index contributed by atoms with van der Waals surface area (Å²) in [6.45, 7) is 1.82. The minimum absolute atomic E-state index is 0.172. The molecule has 2 rings (SSSR count). The first kappa shape index (κ1) is 11.6. The Morgan fingerprint density at radius 1 is 1.53 bits per heavy atom. The first-order valence-electron chi connectivity index (χ1n) is 5.39. The van der Waals surface area contributed by atoms with Crippen molar-refractivity contribution in [3.05, 3.63) is 29.8 Å². The molecule has 1 aliphatic heterocycles. The third kappa shape index (κ3) is 2.01. The summed E-state index contributed by atoms with van der Waals surface area (Å²) in [4.78, 5) is 23.1. The van der Waals surface area contributed by atoms with E-state index < -0.39 is 18.0 Å². The van der Waals surface area contributed by atoms with Crippen LogP contribution in [-0.4, -0.2) is 29.7 Å². The molecule has 0 fully saturated rings. The summed E-state index contributed by atoms with van der Waals surface area (Å²) in [6, 6.07) is 6.97. The van der Waals surface area contributed by atoms with Crippen molar-refractivity contribution < 1.29 is 19.4 Å². The van der Waals surface area contributed by atoms with Gasteiger partial charge in [-0.25, -0.2) is 4.79 Å². The van der Waals surface area contributed by atoms with Gasteiger partial charge in [0.15, 0.2) is 6.10 Å². The molecule has 1 aromatic rings. The summed E-state index contributed by atoms with van der Waals surface area (Å²) >= 11 is 0. The Bertz CT molecular complexity index is 458. The molecule has 0 saturated carbocycles. The molecule has 0 aromatic heterocycles. The first-order valence-corrected chi connectivity index (χ1v) is 5.39. The molecule has 0 saturated heterocycles. The fraction of sp³-hybridized carbons (Fsp3) is 0.333. The van der Waals surface area contributed by atoms with Crippen molar-refractivity contribution in [1.29, 1.82) is 0 Å². The Balaban J connectivity index is 2.27. The van der Waals surface area contributed by atoms with E-state index in [2.05, 4.69) is 5.32 Å². The van der Waals surface area contributed by atoms with Crippen LogP contribution in [0.3, 0.4) is 0 Å². The standard InChI is InChI=1S/C12H13NO4/c1-2-17-12(16)10(14)9-7-5-3-4-6-8(7)13-11(9)15/h3-6,9-10,14H,2H2,1H3,(H,13,15)/t9-,10-/m1/s1. The number of para-hydroxylation sites is 1. The molecular weight excluding hydrogens is 222 g/mol. The average molecular weight is 235 g/mol. The smallest absolute Gasteiger partial charge is 0.336 e. The molecule has 2 atom stereocenters. The van der Waals surface area contributed by atoms with E-state index in [1.807, 2.05) is 0 Å². The van der Waals surface area contributed by atoms with E-state index in [0.29, 0.717) is 11.3 Å². The highest BCUT2D eigenvalue weighted by atomic mass is 16.5. The zero-order chi connectivity index (χ0) is 12.4. The number of fused-ring (bicyclic) bond motifs is 1. The van der Waals surface area contributed by atoms with Crippen molar-refractivity contribution in [2.24, 2.45) is 0 Å². The lowest BCUT2D eigenvalue weighted by atomic mass is 9.95. The average Bonchev–Trinajstić information content (AvgIpc) is 2.64. The van der Waals surface area contributed by atoms with Gasteiger partial charge in [0, 0.05) is 5.69 Å². The number of aliphatic hydroxyl groups is 1. The normalized spacial score (nSPS) is 19.4. The number of amides is 1. The number of hydrogen-bond acceptors (Lipinski definition) is 4. The second-order valence-electron chi connectivity index (χ2n) is 3.75. The topological polar surface area (TPSA) is 75.6 Å². The number of benzene rings is 1. The number of aliphatic hydroxyl groups excluding tert-OH is 1. The van der Waals surface area contributed by atoms with Crippen LogP contribution in [0.2, 0.25) is 0 Å². The lowest BCUT2D eigenvalue weighted by Crippen LogP contribution is -2.33. The van der Waals surface area contributed by atoms with Crippen molar-refractivity contribution >= 4 is 17.6 Å². The molecule has 90 valence electrons. The molecular formula is C12H13NO4. The van der Waals surface area contributed by atoms with Crippen LogP contribution >= 0.6 is 0 Å². The minimum Gasteiger partial charge on any atom is -0.464 e. The Morgan fingerprint density at radius 3 is 2.94 bits per heavy atom. The summed E-state index contributed by atoms with van der Waals surface area (Å²) in [7, 11) is 0. The van der Waals surface area contributed by atoms with Crippen LogP contribution in [0.15, 0.2) is 24.3 Å². The molecule has 2 N–H and O–H groups in total. The van der Waals surface area contributed by atoms with E-state index >= 15 is 0 Å². The highest BCUT2D eigenvalue weighted by Gasteiger charge is 2.40. The summed E-state index contributed by atoms with van der Waals surface area (Å²) in [5.74, 6) is -2.04. The molecule has 1 aliphatic rings. The number of rotatable bonds is 3. The van der Waals surface area contributed by atoms with E-state index in [1.54, 1.807) is 31.2 Å². The van der Waals surface area contributed by atoms with Gasteiger partial charge in [-0.1, -0.05) is 18.2 Å². The zero-order valence-corrected chi connectivity index (χ0v) is 9.34. The largest absolute Gasteiger partial charge is 0.464 e. The first-order chi connectivity index (χ1) is 8.15. The fourth-order valence-electron chi connectivity index (χ4n) is 1.91. The zero-order valence-electron chi connectivity index (χ0n) is 9.34. The fourth-order valence-corrected chi connectivity index (χ4v) is 1.91. The maximum atomic E-state index is 11.7. The molecule has 5 heteroatoms. The van der Waals surface area contributed by atoms with Gasteiger partial charge in [-0.2, -0.15) is 0 Å². The van der Waals surface area contributed by atoms with Gasteiger partial charge < -0.3 is 15.2 Å². The number of nitrogens with one attached hydrogen (secondary N) is 1. The van der Waals surface area contributed by atoms with Gasteiger partial charge in [0.1, 0.15) is 5.92 Å². The van der Waals surface area contributed by atoms with Gasteiger partial charge in [-0.15, -0.1) is 0 Å². The summed E-state index contributed by atoms with van der Waals surface area (Å²) in [5.41, 5.74) is 1.25. The Kier molecular flexibility index (Phi) is 3.10. The molecule has 5 nitrogen and oxygen atoms in total. The highest BCUT2D eigenvalue weighted by molar-refractivity contribution is 6.05. The molecule has 0 radical (unpaired) electrons. The molecule has 0 spiro atoms. The van der Waals surface area contributed by atoms with E-state index in [0.717, 1.165) is 0 Å². The van der Waals surface area contributed by atoms with Gasteiger partial charge in [-0.3, -0.25) is 4.79 Å². The van der Waals surface area contributed by atoms with Crippen LogP contribution in [0.25, 0.3) is 0 Å². The van der Waals surface area contributed by atoms with Crippen LogP contribution < -0.4 is 5.32 Å². The van der Waals surface area contributed by atoms with Crippen LogP contribution in [0, 0.1) is 0 Å². The number of carbonyl (C=O) groups is 2. The molecule has 0 unspecified atom stereocenters. The lowest BCUT2D eigenvalue weighted by Gasteiger charge is -2.15. The van der Waals surface area contributed by atoms with Crippen molar-refractivity contribution in [2.75, 3.05) is 11.9 Å². The molecule has 0 aliphatic carbocycles. The molecule has 1 heterocycles. The number of carbonyl (C=O) groups excluding carboxylic acids is 2. The van der Waals surface area contributed by atoms with Crippen molar-refractivity contribution in [2.45, 2.75) is 18.9 Å². The highest BCUT2D eigenvalue weighted by Crippen LogP contribution is 2.34. The summed E-state index contributed by atoms with van der Waals surface area (Å²) in [6.07, 6.45) is -1.46. The SMILES string of the molecule is CCOC(=O)[C@H](O)[C@@H]1C(=O)Nc2ccccc21. The number of ether oxygens (including phenoxy) is 1. The molecule has 17 heavy (non-hydrogen) atoms. The number of anilines is 1. The second-order valence-corrected chi connectivity index (χ2v) is 3.75. The molecule has 1 amide bonds. The van der Waals surface area contributed by atoms with Gasteiger partial charge in [0.25, 0.3) is 0 Å². The van der Waals surface area contributed by atoms with Gasteiger partial charge in [0.2, 0.25) is 5.91 Å². The van der Waals surface area contributed by atoms with E-state index in [4.69, 9.17) is 4.74 Å². The Hall–Kier alpha value is -1.88. The quantitative estimate of drug-likeness (QED) is 0.754. The Morgan fingerprint density at radius 2 is 2.24 bits per heavy atom. The van der Waals surface area contributed by atoms with Crippen molar-refractivity contribution in [3.63, 3.8) is 0 Å². The molecule has 0 bridgehead atoms. The maximum Gasteiger partial charge on any atom is 0.336 e. The van der Waals surface area contributed by atoms with Crippen LogP contribution in [0.5, 0.6) is 0 Å². The third-order valence-corrected chi connectivity index (χ3v) is 2.68. The van der Waals surface area contributed by atoms with E-state index in [-0.39, 0.29) is 12.5 Å². The van der Waals surface area contributed by atoms with Crippen LogP contribution in [0.1, 0.15) is 18.4 Å². The van der Waals surface area contributed by atoms with Gasteiger partial charge in [0.05, 0.1) is 6.61 Å². The van der Waals surface area contributed by atoms with Crippen molar-refractivity contribution in [3.8, 4) is 0 Å². The second kappa shape index (κ2) is 4.55. The lowest BCUT2D eigenvalue weighted by molar-refractivity contribution is -0.155. The number of esters is 1. The van der Waals surface area contributed by atoms with Crippen molar-refractivity contribution in [1.82, 2.24) is 0 Å². The van der Waals surface area contributed by atoms with Crippen LogP contribution in [-0.2, 0) is 14.3 Å². The monoisotopic (exact) mass is 235 g/mol. The molecule has 1 aromatic carbocycles. The summed E-state index contributed by atoms with van der Waals surface area (Å²) < 4.78 is 4.71. The van der Waals surface area contributed by atoms with E-state index in [9.17, 15) is 14.7 Å². The summed E-state index contributed by atoms with van der Waals surface area (Å²) in [5, 5.41) is 12.4.